The van der Waals surface area contributed by atoms with Crippen molar-refractivity contribution in [1.82, 2.24) is 14.8 Å². The van der Waals surface area contributed by atoms with Gasteiger partial charge in [-0.05, 0) is 38.1 Å². The van der Waals surface area contributed by atoms with Crippen molar-refractivity contribution in [3.8, 4) is 17.1 Å². The number of anilines is 1. The molecular formula is C23H19N5O3. The maximum absolute atomic E-state index is 12.8. The summed E-state index contributed by atoms with van der Waals surface area (Å²) in [5.41, 5.74) is 3.93. The third-order valence-electron chi connectivity index (χ3n) is 4.68. The zero-order chi connectivity index (χ0) is 22.0. The van der Waals surface area contributed by atoms with Crippen molar-refractivity contribution in [3.63, 3.8) is 0 Å². The van der Waals surface area contributed by atoms with E-state index >= 15 is 0 Å². The van der Waals surface area contributed by atoms with E-state index in [1.165, 1.54) is 18.2 Å². The number of aryl methyl sites for hydroxylation is 2. The number of nitrogens with zero attached hydrogens (tertiary/aromatic N) is 4. The molecule has 0 spiro atoms. The van der Waals surface area contributed by atoms with Gasteiger partial charge in [-0.25, -0.2) is 9.67 Å². The minimum Gasteiger partial charge on any atom is -0.319 e. The summed E-state index contributed by atoms with van der Waals surface area (Å²) < 4.78 is 1.62. The Labute approximate surface area is 178 Å². The van der Waals surface area contributed by atoms with Gasteiger partial charge in [-0.15, -0.1) is 5.10 Å². The number of nitro benzene ring substituents is 1. The first-order valence-electron chi connectivity index (χ1n) is 9.58. The molecule has 1 aromatic heterocycles. The summed E-state index contributed by atoms with van der Waals surface area (Å²) in [5, 5.41) is 18.1. The van der Waals surface area contributed by atoms with Crippen molar-refractivity contribution in [3.05, 3.63) is 99.9 Å². The fourth-order valence-electron chi connectivity index (χ4n) is 3.13. The number of nitrogens with one attached hydrogen (secondary N) is 1. The molecule has 0 aliphatic heterocycles. The molecule has 4 rings (SSSR count). The van der Waals surface area contributed by atoms with Crippen LogP contribution in [0.4, 0.5) is 11.4 Å². The SMILES string of the molecule is Cc1ccc(-n2nc(C(=O)Nc3cccc([N+](=O)[O-])c3)nc2-c2cccc(C)c2)cc1. The lowest BCUT2D eigenvalue weighted by molar-refractivity contribution is -0.384. The molecule has 0 radical (unpaired) electrons. The summed E-state index contributed by atoms with van der Waals surface area (Å²) in [6, 6.07) is 21.2. The van der Waals surface area contributed by atoms with Crippen molar-refractivity contribution in [2.75, 3.05) is 5.32 Å². The second-order valence-corrected chi connectivity index (χ2v) is 7.14. The number of hydrogen-bond acceptors (Lipinski definition) is 5. The summed E-state index contributed by atoms with van der Waals surface area (Å²) in [7, 11) is 0. The Balaban J connectivity index is 1.74. The van der Waals surface area contributed by atoms with Crippen LogP contribution in [0.5, 0.6) is 0 Å². The molecule has 1 amide bonds. The quantitative estimate of drug-likeness (QED) is 0.377. The number of carbonyl (C=O) groups is 1. The molecule has 4 aromatic rings. The van der Waals surface area contributed by atoms with Crippen molar-refractivity contribution >= 4 is 17.3 Å². The van der Waals surface area contributed by atoms with Crippen LogP contribution in [0.15, 0.2) is 72.8 Å². The van der Waals surface area contributed by atoms with Crippen LogP contribution in [0.3, 0.4) is 0 Å². The predicted molar refractivity (Wildman–Crippen MR) is 117 cm³/mol. The lowest BCUT2D eigenvalue weighted by Gasteiger charge is -2.07. The highest BCUT2D eigenvalue weighted by molar-refractivity contribution is 6.02. The van der Waals surface area contributed by atoms with Crippen LogP contribution in [-0.2, 0) is 0 Å². The minimum atomic E-state index is -0.555. The highest BCUT2D eigenvalue weighted by Crippen LogP contribution is 2.23. The van der Waals surface area contributed by atoms with Crippen LogP contribution in [0.25, 0.3) is 17.1 Å². The average molecular weight is 413 g/mol. The third kappa shape index (κ3) is 4.32. The molecule has 0 unspecified atom stereocenters. The van der Waals surface area contributed by atoms with Gasteiger partial charge in [-0.3, -0.25) is 14.9 Å². The van der Waals surface area contributed by atoms with Gasteiger partial charge in [0.05, 0.1) is 10.6 Å². The van der Waals surface area contributed by atoms with E-state index in [0.29, 0.717) is 11.5 Å². The van der Waals surface area contributed by atoms with E-state index in [4.69, 9.17) is 0 Å². The predicted octanol–water partition coefficient (Wildman–Crippen LogP) is 4.71. The number of carbonyl (C=O) groups excluding carboxylic acids is 1. The lowest BCUT2D eigenvalue weighted by Crippen LogP contribution is -2.14. The first-order valence-corrected chi connectivity index (χ1v) is 9.58. The molecule has 0 fully saturated rings. The van der Waals surface area contributed by atoms with Crippen molar-refractivity contribution in [2.24, 2.45) is 0 Å². The number of hydrogen-bond donors (Lipinski definition) is 1. The number of non-ortho nitro benzene ring substituents is 1. The molecule has 3 aromatic carbocycles. The molecule has 0 aliphatic carbocycles. The number of aromatic nitrogens is 3. The summed E-state index contributed by atoms with van der Waals surface area (Å²) >= 11 is 0. The fraction of sp³-hybridized carbons (Fsp3) is 0.0870. The summed E-state index contributed by atoms with van der Waals surface area (Å²) in [6.07, 6.45) is 0. The van der Waals surface area contributed by atoms with E-state index in [1.807, 2.05) is 62.4 Å². The van der Waals surface area contributed by atoms with Crippen LogP contribution < -0.4 is 5.32 Å². The van der Waals surface area contributed by atoms with Crippen LogP contribution in [0.1, 0.15) is 21.7 Å². The van der Waals surface area contributed by atoms with Crippen LogP contribution in [0.2, 0.25) is 0 Å². The molecule has 1 N–H and O–H groups in total. The first-order chi connectivity index (χ1) is 14.9. The van der Waals surface area contributed by atoms with Crippen LogP contribution in [-0.4, -0.2) is 25.6 Å². The van der Waals surface area contributed by atoms with Gasteiger partial charge in [0.2, 0.25) is 5.82 Å². The summed E-state index contributed by atoms with van der Waals surface area (Å²) in [5.74, 6) is -0.0689. The van der Waals surface area contributed by atoms with E-state index in [1.54, 1.807) is 10.7 Å². The van der Waals surface area contributed by atoms with Gasteiger partial charge in [0.15, 0.2) is 5.82 Å². The van der Waals surface area contributed by atoms with Crippen molar-refractivity contribution < 1.29 is 9.72 Å². The van der Waals surface area contributed by atoms with E-state index in [9.17, 15) is 14.9 Å². The average Bonchev–Trinajstić information content (AvgIpc) is 3.20. The largest absolute Gasteiger partial charge is 0.319 e. The van der Waals surface area contributed by atoms with Crippen molar-refractivity contribution in [1.29, 1.82) is 0 Å². The monoisotopic (exact) mass is 413 g/mol. The van der Waals surface area contributed by atoms with E-state index in [2.05, 4.69) is 15.4 Å². The lowest BCUT2D eigenvalue weighted by atomic mass is 10.1. The van der Waals surface area contributed by atoms with Gasteiger partial charge in [0.1, 0.15) is 0 Å². The first kappa shape index (κ1) is 20.0. The van der Waals surface area contributed by atoms with Gasteiger partial charge in [0.25, 0.3) is 11.6 Å². The number of nitro groups is 1. The zero-order valence-electron chi connectivity index (χ0n) is 16.9. The van der Waals surface area contributed by atoms with Crippen LogP contribution >= 0.6 is 0 Å². The Hall–Kier alpha value is -4.33. The molecule has 0 aliphatic rings. The molecule has 31 heavy (non-hydrogen) atoms. The molecule has 8 heteroatoms. The Morgan fingerprint density at radius 3 is 2.42 bits per heavy atom. The molecule has 0 saturated heterocycles. The maximum Gasteiger partial charge on any atom is 0.295 e. The Bertz CT molecular complexity index is 1280. The van der Waals surface area contributed by atoms with Gasteiger partial charge in [-0.1, -0.05) is 47.5 Å². The number of amides is 1. The van der Waals surface area contributed by atoms with Crippen molar-refractivity contribution in [2.45, 2.75) is 13.8 Å². The molecular weight excluding hydrogens is 394 g/mol. The summed E-state index contributed by atoms with van der Waals surface area (Å²) in [6.45, 7) is 3.97. The van der Waals surface area contributed by atoms with Gasteiger partial charge >= 0.3 is 0 Å². The normalized spacial score (nSPS) is 10.6. The van der Waals surface area contributed by atoms with Gasteiger partial charge in [-0.2, -0.15) is 0 Å². The minimum absolute atomic E-state index is 0.0383. The number of rotatable bonds is 5. The topological polar surface area (TPSA) is 103 Å². The van der Waals surface area contributed by atoms with E-state index in [-0.39, 0.29) is 11.5 Å². The molecule has 0 atom stereocenters. The molecule has 154 valence electrons. The second kappa shape index (κ2) is 8.19. The molecule has 0 saturated carbocycles. The fourth-order valence-corrected chi connectivity index (χ4v) is 3.13. The molecule has 1 heterocycles. The third-order valence-corrected chi connectivity index (χ3v) is 4.68. The highest BCUT2D eigenvalue weighted by Gasteiger charge is 2.19. The molecule has 8 nitrogen and oxygen atoms in total. The maximum atomic E-state index is 12.8. The Kier molecular flexibility index (Phi) is 5.28. The van der Waals surface area contributed by atoms with E-state index < -0.39 is 10.8 Å². The van der Waals surface area contributed by atoms with Gasteiger partial charge in [0, 0.05) is 23.4 Å². The van der Waals surface area contributed by atoms with Gasteiger partial charge < -0.3 is 5.32 Å². The standard InChI is InChI=1S/C23H19N5O3/c1-15-9-11-19(12-10-15)27-22(17-6-3-5-16(2)13-17)25-21(26-27)23(29)24-18-7-4-8-20(14-18)28(30)31/h3-14H,1-2H3,(H,24,29). The second-order valence-electron chi connectivity index (χ2n) is 7.14. The number of benzene rings is 3. The van der Waals surface area contributed by atoms with Crippen LogP contribution in [0, 0.1) is 24.0 Å². The zero-order valence-corrected chi connectivity index (χ0v) is 16.9. The highest BCUT2D eigenvalue weighted by atomic mass is 16.6. The summed E-state index contributed by atoms with van der Waals surface area (Å²) in [4.78, 5) is 27.8. The van der Waals surface area contributed by atoms with E-state index in [0.717, 1.165) is 22.4 Å². The Morgan fingerprint density at radius 1 is 0.968 bits per heavy atom. The Morgan fingerprint density at radius 2 is 1.71 bits per heavy atom. The molecule has 0 bridgehead atoms. The smallest absolute Gasteiger partial charge is 0.295 e.